The van der Waals surface area contributed by atoms with E-state index in [9.17, 15) is 4.79 Å². The predicted octanol–water partition coefficient (Wildman–Crippen LogP) is 3.35. The van der Waals surface area contributed by atoms with Crippen LogP contribution in [0.5, 0.6) is 0 Å². The minimum Gasteiger partial charge on any atom is -0.465 e. The molecule has 0 N–H and O–H groups in total. The zero-order valence-corrected chi connectivity index (χ0v) is 10.0. The van der Waals surface area contributed by atoms with Crippen LogP contribution in [0.3, 0.4) is 0 Å². The van der Waals surface area contributed by atoms with Gasteiger partial charge in [-0.3, -0.25) is 0 Å². The molecule has 2 aromatic carbocycles. The third-order valence-corrected chi connectivity index (χ3v) is 3.28. The lowest BCUT2D eigenvalue weighted by Gasteiger charge is -2.05. The predicted molar refractivity (Wildman–Crippen MR) is 67.1 cm³/mol. The number of benzene rings is 2. The summed E-state index contributed by atoms with van der Waals surface area (Å²) in [6, 6.07) is 11.7. The largest absolute Gasteiger partial charge is 0.465 e. The van der Waals surface area contributed by atoms with Crippen molar-refractivity contribution in [3.8, 4) is 0 Å². The van der Waals surface area contributed by atoms with Gasteiger partial charge in [-0.1, -0.05) is 18.2 Å². The zero-order chi connectivity index (χ0) is 11.5. The second-order valence-electron chi connectivity index (χ2n) is 3.39. The molecule has 0 saturated heterocycles. The maximum atomic E-state index is 11.4. The Labute approximate surface area is 98.6 Å². The molecule has 82 valence electrons. The summed E-state index contributed by atoms with van der Waals surface area (Å²) in [6.45, 7) is 0. The molecule has 0 heterocycles. The van der Waals surface area contributed by atoms with Crippen molar-refractivity contribution >= 4 is 28.5 Å². The smallest absolute Gasteiger partial charge is 0.337 e. The molecule has 3 heteroatoms. The summed E-state index contributed by atoms with van der Waals surface area (Å²) >= 11 is 1.70. The summed E-state index contributed by atoms with van der Waals surface area (Å²) in [5, 5.41) is 2.23. The molecule has 0 radical (unpaired) electrons. The highest BCUT2D eigenvalue weighted by molar-refractivity contribution is 7.98. The summed E-state index contributed by atoms with van der Waals surface area (Å²) in [5.41, 5.74) is 0.591. The normalized spacial score (nSPS) is 10.4. The molecule has 2 nitrogen and oxygen atoms in total. The molecule has 0 atom stereocenters. The minimum atomic E-state index is -0.295. The zero-order valence-electron chi connectivity index (χ0n) is 9.19. The Bertz CT molecular complexity index is 534. The first-order chi connectivity index (χ1) is 7.76. The van der Waals surface area contributed by atoms with Gasteiger partial charge in [0.2, 0.25) is 0 Å². The van der Waals surface area contributed by atoms with E-state index >= 15 is 0 Å². The molecule has 0 unspecified atom stereocenters. The Kier molecular flexibility index (Phi) is 3.15. The lowest BCUT2D eigenvalue weighted by atomic mass is 10.1. The fourth-order valence-electron chi connectivity index (χ4n) is 1.68. The van der Waals surface area contributed by atoms with Crippen LogP contribution in [0.25, 0.3) is 10.8 Å². The van der Waals surface area contributed by atoms with Crippen molar-refractivity contribution in [3.63, 3.8) is 0 Å². The van der Waals surface area contributed by atoms with E-state index in [0.717, 1.165) is 5.39 Å². The van der Waals surface area contributed by atoms with E-state index in [-0.39, 0.29) is 5.97 Å². The van der Waals surface area contributed by atoms with Crippen LogP contribution in [0.1, 0.15) is 10.4 Å². The van der Waals surface area contributed by atoms with Crippen molar-refractivity contribution < 1.29 is 9.53 Å². The summed E-state index contributed by atoms with van der Waals surface area (Å²) in [4.78, 5) is 12.6. The fraction of sp³-hybridized carbons (Fsp3) is 0.154. The van der Waals surface area contributed by atoms with Gasteiger partial charge in [0, 0.05) is 4.90 Å². The van der Waals surface area contributed by atoms with E-state index in [2.05, 4.69) is 6.07 Å². The molecule has 16 heavy (non-hydrogen) atoms. The van der Waals surface area contributed by atoms with E-state index in [1.54, 1.807) is 17.8 Å². The standard InChI is InChI=1S/C13H12O2S/c1-15-13(14)10-6-7-11-9(8-10)4-3-5-12(11)16-2/h3-8H,1-2H3. The molecular weight excluding hydrogens is 220 g/mol. The first-order valence-electron chi connectivity index (χ1n) is 4.91. The van der Waals surface area contributed by atoms with Crippen LogP contribution in [-0.2, 0) is 4.74 Å². The van der Waals surface area contributed by atoms with Gasteiger partial charge in [0.15, 0.2) is 0 Å². The number of methoxy groups -OCH3 is 1. The Morgan fingerprint density at radius 2 is 2.06 bits per heavy atom. The van der Waals surface area contributed by atoms with Gasteiger partial charge < -0.3 is 4.74 Å². The van der Waals surface area contributed by atoms with Crippen LogP contribution in [0.2, 0.25) is 0 Å². The van der Waals surface area contributed by atoms with Gasteiger partial charge in [0.1, 0.15) is 0 Å². The van der Waals surface area contributed by atoms with Crippen molar-refractivity contribution in [2.24, 2.45) is 0 Å². The maximum Gasteiger partial charge on any atom is 0.337 e. The number of ether oxygens (including phenoxy) is 1. The number of hydrogen-bond donors (Lipinski definition) is 0. The molecule has 0 aliphatic rings. The molecule has 0 aromatic heterocycles. The van der Waals surface area contributed by atoms with Crippen molar-refractivity contribution in [2.75, 3.05) is 13.4 Å². The van der Waals surface area contributed by atoms with Crippen molar-refractivity contribution in [3.05, 3.63) is 42.0 Å². The van der Waals surface area contributed by atoms with Gasteiger partial charge in [-0.05, 0) is 35.2 Å². The molecule has 2 rings (SSSR count). The van der Waals surface area contributed by atoms with Crippen LogP contribution in [0.4, 0.5) is 0 Å². The number of carbonyl (C=O) groups excluding carboxylic acids is 1. The average Bonchev–Trinajstić information content (AvgIpc) is 2.36. The summed E-state index contributed by atoms with van der Waals surface area (Å²) < 4.78 is 4.70. The second kappa shape index (κ2) is 4.58. The molecular formula is C13H12O2S. The number of thioether (sulfide) groups is 1. The van der Waals surface area contributed by atoms with Gasteiger partial charge in [-0.15, -0.1) is 11.8 Å². The molecule has 0 bridgehead atoms. The SMILES string of the molecule is COC(=O)c1ccc2c(SC)cccc2c1. The molecule has 0 amide bonds. The third-order valence-electron chi connectivity index (χ3n) is 2.48. The average molecular weight is 232 g/mol. The molecule has 0 aliphatic heterocycles. The molecule has 0 aliphatic carbocycles. The quantitative estimate of drug-likeness (QED) is 0.586. The number of esters is 1. The summed E-state index contributed by atoms with van der Waals surface area (Å²) in [7, 11) is 1.39. The van der Waals surface area contributed by atoms with E-state index in [4.69, 9.17) is 4.74 Å². The highest BCUT2D eigenvalue weighted by Crippen LogP contribution is 2.26. The van der Waals surface area contributed by atoms with Crippen molar-refractivity contribution in [2.45, 2.75) is 4.90 Å². The molecule has 0 saturated carbocycles. The van der Waals surface area contributed by atoms with Crippen LogP contribution in [-0.4, -0.2) is 19.3 Å². The van der Waals surface area contributed by atoms with Gasteiger partial charge >= 0.3 is 5.97 Å². The van der Waals surface area contributed by atoms with E-state index in [1.807, 2.05) is 30.5 Å². The monoisotopic (exact) mass is 232 g/mol. The van der Waals surface area contributed by atoms with Gasteiger partial charge in [-0.2, -0.15) is 0 Å². The van der Waals surface area contributed by atoms with E-state index in [1.165, 1.54) is 17.4 Å². The summed E-state index contributed by atoms with van der Waals surface area (Å²) in [6.07, 6.45) is 2.04. The highest BCUT2D eigenvalue weighted by Gasteiger charge is 2.07. The van der Waals surface area contributed by atoms with Crippen LogP contribution in [0.15, 0.2) is 41.3 Å². The van der Waals surface area contributed by atoms with Gasteiger partial charge in [-0.25, -0.2) is 4.79 Å². The number of carbonyl (C=O) groups is 1. The second-order valence-corrected chi connectivity index (χ2v) is 4.24. The Morgan fingerprint density at radius 1 is 1.25 bits per heavy atom. The Hall–Kier alpha value is -1.48. The van der Waals surface area contributed by atoms with Crippen LogP contribution in [0, 0.1) is 0 Å². The number of fused-ring (bicyclic) bond motifs is 1. The highest BCUT2D eigenvalue weighted by atomic mass is 32.2. The van der Waals surface area contributed by atoms with Gasteiger partial charge in [0.05, 0.1) is 12.7 Å². The Balaban J connectivity index is 2.59. The topological polar surface area (TPSA) is 26.3 Å². The summed E-state index contributed by atoms with van der Waals surface area (Å²) in [5.74, 6) is -0.295. The first kappa shape index (κ1) is 11.0. The molecule has 0 spiro atoms. The first-order valence-corrected chi connectivity index (χ1v) is 6.14. The molecule has 0 fully saturated rings. The third kappa shape index (κ3) is 1.91. The van der Waals surface area contributed by atoms with E-state index in [0.29, 0.717) is 5.56 Å². The lowest BCUT2D eigenvalue weighted by molar-refractivity contribution is 0.0601. The molecule has 2 aromatic rings. The number of hydrogen-bond acceptors (Lipinski definition) is 3. The van der Waals surface area contributed by atoms with Crippen molar-refractivity contribution in [1.29, 1.82) is 0 Å². The van der Waals surface area contributed by atoms with Gasteiger partial charge in [0.25, 0.3) is 0 Å². The lowest BCUT2D eigenvalue weighted by Crippen LogP contribution is -2.00. The fourth-order valence-corrected chi connectivity index (χ4v) is 2.30. The van der Waals surface area contributed by atoms with Crippen molar-refractivity contribution in [1.82, 2.24) is 0 Å². The Morgan fingerprint density at radius 3 is 2.75 bits per heavy atom. The number of rotatable bonds is 2. The van der Waals surface area contributed by atoms with Crippen LogP contribution < -0.4 is 0 Å². The van der Waals surface area contributed by atoms with E-state index < -0.39 is 0 Å². The maximum absolute atomic E-state index is 11.4. The minimum absolute atomic E-state index is 0.295. The van der Waals surface area contributed by atoms with Crippen LogP contribution >= 0.6 is 11.8 Å².